The van der Waals surface area contributed by atoms with Gasteiger partial charge in [-0.15, -0.1) is 0 Å². The van der Waals surface area contributed by atoms with Gasteiger partial charge in [0.2, 0.25) is 0 Å². The molecule has 1 unspecified atom stereocenters. The van der Waals surface area contributed by atoms with Crippen LogP contribution in [0.1, 0.15) is 34.1 Å². The SMILES string of the molecule is Cc1ccc(C(O)c2cccc(C)c2C)nc1. The minimum Gasteiger partial charge on any atom is -0.382 e. The van der Waals surface area contributed by atoms with E-state index in [4.69, 9.17) is 0 Å². The van der Waals surface area contributed by atoms with Gasteiger partial charge in [-0.25, -0.2) is 0 Å². The van der Waals surface area contributed by atoms with E-state index >= 15 is 0 Å². The number of aryl methyl sites for hydroxylation is 2. The highest BCUT2D eigenvalue weighted by molar-refractivity contribution is 5.37. The Kier molecular flexibility index (Phi) is 3.25. The summed E-state index contributed by atoms with van der Waals surface area (Å²) in [6.07, 6.45) is 1.14. The number of hydrogen-bond acceptors (Lipinski definition) is 2. The van der Waals surface area contributed by atoms with Crippen molar-refractivity contribution in [3.63, 3.8) is 0 Å². The molecule has 2 nitrogen and oxygen atoms in total. The summed E-state index contributed by atoms with van der Waals surface area (Å²) in [5.74, 6) is 0. The first-order valence-corrected chi connectivity index (χ1v) is 5.76. The number of benzene rings is 1. The Morgan fingerprint density at radius 1 is 1.06 bits per heavy atom. The molecule has 0 amide bonds. The van der Waals surface area contributed by atoms with E-state index in [1.165, 1.54) is 5.56 Å². The molecule has 0 aliphatic heterocycles. The molecule has 2 heteroatoms. The number of aliphatic hydroxyl groups is 1. The summed E-state index contributed by atoms with van der Waals surface area (Å²) in [6, 6.07) is 9.82. The molecule has 1 aromatic heterocycles. The first kappa shape index (κ1) is 11.8. The van der Waals surface area contributed by atoms with Crippen LogP contribution in [0.5, 0.6) is 0 Å². The van der Waals surface area contributed by atoms with Crippen molar-refractivity contribution in [2.75, 3.05) is 0 Å². The fraction of sp³-hybridized carbons (Fsp3) is 0.267. The molecule has 1 heterocycles. The molecule has 88 valence electrons. The molecule has 1 atom stereocenters. The maximum absolute atomic E-state index is 10.3. The molecule has 0 aliphatic carbocycles. The van der Waals surface area contributed by atoms with E-state index in [0.717, 1.165) is 16.7 Å². The van der Waals surface area contributed by atoms with Gasteiger partial charge in [-0.05, 0) is 49.1 Å². The van der Waals surface area contributed by atoms with Gasteiger partial charge >= 0.3 is 0 Å². The summed E-state index contributed by atoms with van der Waals surface area (Å²) in [7, 11) is 0. The Hall–Kier alpha value is -1.67. The molecule has 2 aromatic rings. The standard InChI is InChI=1S/C15H17NO/c1-10-7-8-14(16-9-10)15(17)13-6-4-5-11(2)12(13)3/h4-9,15,17H,1-3H3. The second-order valence-corrected chi connectivity index (χ2v) is 4.45. The zero-order valence-electron chi connectivity index (χ0n) is 10.4. The minimum absolute atomic E-state index is 0.643. The monoisotopic (exact) mass is 227 g/mol. The maximum Gasteiger partial charge on any atom is 0.121 e. The van der Waals surface area contributed by atoms with Crippen LogP contribution >= 0.6 is 0 Å². The van der Waals surface area contributed by atoms with Crippen molar-refractivity contribution in [1.82, 2.24) is 4.98 Å². The third-order valence-electron chi connectivity index (χ3n) is 3.16. The lowest BCUT2D eigenvalue weighted by molar-refractivity contribution is 0.214. The van der Waals surface area contributed by atoms with Crippen molar-refractivity contribution in [2.24, 2.45) is 0 Å². The van der Waals surface area contributed by atoms with Crippen LogP contribution in [0.4, 0.5) is 0 Å². The van der Waals surface area contributed by atoms with Crippen molar-refractivity contribution >= 4 is 0 Å². The Bertz CT molecular complexity index is 517. The van der Waals surface area contributed by atoms with Gasteiger partial charge in [-0.1, -0.05) is 24.3 Å². The highest BCUT2D eigenvalue weighted by Gasteiger charge is 2.14. The predicted octanol–water partition coefficient (Wildman–Crippen LogP) is 3.09. The fourth-order valence-corrected chi connectivity index (χ4v) is 1.87. The highest BCUT2D eigenvalue weighted by Crippen LogP contribution is 2.25. The number of nitrogens with zero attached hydrogens (tertiary/aromatic N) is 1. The summed E-state index contributed by atoms with van der Waals surface area (Å²) in [4.78, 5) is 4.28. The summed E-state index contributed by atoms with van der Waals surface area (Å²) in [5.41, 5.74) is 5.05. The van der Waals surface area contributed by atoms with E-state index in [-0.39, 0.29) is 0 Å². The van der Waals surface area contributed by atoms with Gasteiger partial charge in [0.15, 0.2) is 0 Å². The lowest BCUT2D eigenvalue weighted by Gasteiger charge is -2.14. The van der Waals surface area contributed by atoms with E-state index in [0.29, 0.717) is 5.69 Å². The predicted molar refractivity (Wildman–Crippen MR) is 69.0 cm³/mol. The normalized spacial score (nSPS) is 12.5. The molecule has 0 spiro atoms. The summed E-state index contributed by atoms with van der Waals surface area (Å²) < 4.78 is 0. The lowest BCUT2D eigenvalue weighted by atomic mass is 9.97. The molecule has 0 saturated heterocycles. The van der Waals surface area contributed by atoms with E-state index in [1.807, 2.05) is 51.1 Å². The summed E-state index contributed by atoms with van der Waals surface area (Å²) >= 11 is 0. The van der Waals surface area contributed by atoms with Crippen molar-refractivity contribution in [3.8, 4) is 0 Å². The Labute approximate surface area is 102 Å². The third-order valence-corrected chi connectivity index (χ3v) is 3.16. The Balaban J connectivity index is 2.40. The van der Waals surface area contributed by atoms with E-state index in [1.54, 1.807) is 6.20 Å². The van der Waals surface area contributed by atoms with Gasteiger partial charge in [0.05, 0.1) is 5.69 Å². The first-order chi connectivity index (χ1) is 8.09. The molecule has 2 rings (SSSR count). The Morgan fingerprint density at radius 3 is 2.47 bits per heavy atom. The van der Waals surface area contributed by atoms with Gasteiger partial charge in [0, 0.05) is 6.20 Å². The van der Waals surface area contributed by atoms with Crippen LogP contribution in [0, 0.1) is 20.8 Å². The van der Waals surface area contributed by atoms with Crippen molar-refractivity contribution in [3.05, 3.63) is 64.5 Å². The van der Waals surface area contributed by atoms with E-state index in [9.17, 15) is 5.11 Å². The lowest BCUT2D eigenvalue weighted by Crippen LogP contribution is -2.05. The van der Waals surface area contributed by atoms with Crippen LogP contribution in [0.3, 0.4) is 0 Å². The molecule has 0 aliphatic rings. The molecular weight excluding hydrogens is 210 g/mol. The molecule has 17 heavy (non-hydrogen) atoms. The molecule has 1 N–H and O–H groups in total. The summed E-state index contributed by atoms with van der Waals surface area (Å²) in [5, 5.41) is 10.3. The van der Waals surface area contributed by atoms with Crippen molar-refractivity contribution in [1.29, 1.82) is 0 Å². The molecule has 1 aromatic carbocycles. The number of aliphatic hydroxyl groups excluding tert-OH is 1. The third kappa shape index (κ3) is 2.37. The molecule has 0 radical (unpaired) electrons. The van der Waals surface area contributed by atoms with Crippen LogP contribution in [0.25, 0.3) is 0 Å². The quantitative estimate of drug-likeness (QED) is 0.855. The number of rotatable bonds is 2. The molecule has 0 bridgehead atoms. The van der Waals surface area contributed by atoms with Gasteiger partial charge < -0.3 is 5.11 Å². The largest absolute Gasteiger partial charge is 0.382 e. The van der Waals surface area contributed by atoms with Crippen LogP contribution < -0.4 is 0 Å². The van der Waals surface area contributed by atoms with Gasteiger partial charge in [-0.3, -0.25) is 4.98 Å². The van der Waals surface area contributed by atoms with Gasteiger partial charge in [-0.2, -0.15) is 0 Å². The number of pyridine rings is 1. The topological polar surface area (TPSA) is 33.1 Å². The van der Waals surface area contributed by atoms with Gasteiger partial charge in [0.1, 0.15) is 6.10 Å². The highest BCUT2D eigenvalue weighted by atomic mass is 16.3. The zero-order valence-corrected chi connectivity index (χ0v) is 10.4. The summed E-state index contributed by atoms with van der Waals surface area (Å²) in [6.45, 7) is 6.07. The molecule has 0 fully saturated rings. The molecular formula is C15H17NO. The van der Waals surface area contributed by atoms with Crippen molar-refractivity contribution in [2.45, 2.75) is 26.9 Å². The second kappa shape index (κ2) is 4.68. The van der Waals surface area contributed by atoms with Crippen LogP contribution in [-0.4, -0.2) is 10.1 Å². The zero-order chi connectivity index (χ0) is 12.4. The fourth-order valence-electron chi connectivity index (χ4n) is 1.87. The van der Waals surface area contributed by atoms with Crippen molar-refractivity contribution < 1.29 is 5.11 Å². The number of hydrogen-bond donors (Lipinski definition) is 1. The smallest absolute Gasteiger partial charge is 0.121 e. The Morgan fingerprint density at radius 2 is 1.82 bits per heavy atom. The van der Waals surface area contributed by atoms with Gasteiger partial charge in [0.25, 0.3) is 0 Å². The van der Waals surface area contributed by atoms with Crippen LogP contribution in [-0.2, 0) is 0 Å². The number of aromatic nitrogens is 1. The molecule has 0 saturated carbocycles. The van der Waals surface area contributed by atoms with E-state index < -0.39 is 6.10 Å². The minimum atomic E-state index is -0.643. The average molecular weight is 227 g/mol. The van der Waals surface area contributed by atoms with E-state index in [2.05, 4.69) is 4.98 Å². The second-order valence-electron chi connectivity index (χ2n) is 4.45. The maximum atomic E-state index is 10.3. The first-order valence-electron chi connectivity index (χ1n) is 5.76. The van der Waals surface area contributed by atoms with Crippen LogP contribution in [0.15, 0.2) is 36.5 Å². The average Bonchev–Trinajstić information content (AvgIpc) is 2.33. The van der Waals surface area contributed by atoms with Crippen LogP contribution in [0.2, 0.25) is 0 Å².